The van der Waals surface area contributed by atoms with Crippen LogP contribution in [0.2, 0.25) is 0 Å². The van der Waals surface area contributed by atoms with Gasteiger partial charge >= 0.3 is 0 Å². The number of hydrogen-bond acceptors (Lipinski definition) is 5. The van der Waals surface area contributed by atoms with Crippen molar-refractivity contribution >= 4 is 5.91 Å². The first-order chi connectivity index (χ1) is 10.1. The molecule has 0 spiro atoms. The van der Waals surface area contributed by atoms with Gasteiger partial charge in [0.1, 0.15) is 6.61 Å². The van der Waals surface area contributed by atoms with Crippen LogP contribution >= 0.6 is 0 Å². The monoisotopic (exact) mass is 285 g/mol. The van der Waals surface area contributed by atoms with Crippen molar-refractivity contribution in [2.75, 3.05) is 6.61 Å². The van der Waals surface area contributed by atoms with E-state index in [1.165, 1.54) is 0 Å². The largest absolute Gasteiger partial charge is 0.384 e. The van der Waals surface area contributed by atoms with Crippen molar-refractivity contribution in [2.24, 2.45) is 0 Å². The van der Waals surface area contributed by atoms with Crippen molar-refractivity contribution in [3.05, 3.63) is 46.6 Å². The van der Waals surface area contributed by atoms with E-state index in [2.05, 4.69) is 27.3 Å². The summed E-state index contributed by atoms with van der Waals surface area (Å²) in [6.07, 6.45) is 0. The van der Waals surface area contributed by atoms with Crippen LogP contribution in [0.5, 0.6) is 0 Å². The van der Waals surface area contributed by atoms with Gasteiger partial charge in [0.2, 0.25) is 5.89 Å². The molecule has 1 heterocycles. The highest BCUT2D eigenvalue weighted by molar-refractivity contribution is 5.96. The van der Waals surface area contributed by atoms with Gasteiger partial charge in [-0.1, -0.05) is 23.1 Å². The van der Waals surface area contributed by atoms with Gasteiger partial charge in [-0.2, -0.15) is 4.98 Å². The van der Waals surface area contributed by atoms with Gasteiger partial charge in [0.15, 0.2) is 5.82 Å². The molecule has 2 rings (SSSR count). The van der Waals surface area contributed by atoms with Crippen LogP contribution in [-0.2, 0) is 6.54 Å². The van der Waals surface area contributed by atoms with Crippen LogP contribution in [0.1, 0.15) is 33.2 Å². The molecule has 0 atom stereocenters. The molecular formula is C15H15N3O3. The van der Waals surface area contributed by atoms with E-state index >= 15 is 0 Å². The molecule has 0 aliphatic rings. The number of carbonyl (C=O) groups is 1. The highest BCUT2D eigenvalue weighted by atomic mass is 16.5. The number of aliphatic hydroxyl groups is 1. The molecule has 0 radical (unpaired) electrons. The number of nitrogens with one attached hydrogen (secondary N) is 1. The minimum Gasteiger partial charge on any atom is -0.384 e. The Labute approximate surface area is 122 Å². The number of rotatable bonds is 3. The van der Waals surface area contributed by atoms with E-state index in [4.69, 9.17) is 9.63 Å². The van der Waals surface area contributed by atoms with Crippen molar-refractivity contribution in [2.45, 2.75) is 20.4 Å². The van der Waals surface area contributed by atoms with E-state index < -0.39 is 0 Å². The van der Waals surface area contributed by atoms with Crippen molar-refractivity contribution in [3.8, 4) is 11.8 Å². The quantitative estimate of drug-likeness (QED) is 0.820. The van der Waals surface area contributed by atoms with Crippen LogP contribution < -0.4 is 5.32 Å². The second-order valence-electron chi connectivity index (χ2n) is 4.35. The van der Waals surface area contributed by atoms with Crippen LogP contribution in [0.15, 0.2) is 22.7 Å². The van der Waals surface area contributed by atoms with Crippen molar-refractivity contribution in [1.82, 2.24) is 15.5 Å². The maximum Gasteiger partial charge on any atom is 0.251 e. The van der Waals surface area contributed by atoms with E-state index in [0.717, 1.165) is 5.56 Å². The molecule has 1 aromatic heterocycles. The van der Waals surface area contributed by atoms with Gasteiger partial charge in [-0.05, 0) is 24.6 Å². The van der Waals surface area contributed by atoms with Crippen LogP contribution in [0, 0.1) is 25.7 Å². The molecule has 1 aromatic carbocycles. The van der Waals surface area contributed by atoms with Gasteiger partial charge in [0, 0.05) is 18.1 Å². The number of aromatic nitrogens is 2. The topological polar surface area (TPSA) is 88.2 Å². The van der Waals surface area contributed by atoms with Gasteiger partial charge in [0.05, 0.1) is 6.54 Å². The molecule has 21 heavy (non-hydrogen) atoms. The average molecular weight is 285 g/mol. The lowest BCUT2D eigenvalue weighted by Crippen LogP contribution is -2.24. The van der Waals surface area contributed by atoms with Gasteiger partial charge in [-0.3, -0.25) is 4.79 Å². The first kappa shape index (κ1) is 14.8. The van der Waals surface area contributed by atoms with Crippen LogP contribution in [0.4, 0.5) is 0 Å². The Morgan fingerprint density at radius 3 is 2.90 bits per heavy atom. The van der Waals surface area contributed by atoms with E-state index in [1.807, 2.05) is 6.92 Å². The lowest BCUT2D eigenvalue weighted by atomic mass is 10.0. The highest BCUT2D eigenvalue weighted by Gasteiger charge is 2.12. The molecular weight excluding hydrogens is 270 g/mol. The highest BCUT2D eigenvalue weighted by Crippen LogP contribution is 2.13. The molecule has 6 nitrogen and oxygen atoms in total. The van der Waals surface area contributed by atoms with Gasteiger partial charge in [0.25, 0.3) is 5.91 Å². The summed E-state index contributed by atoms with van der Waals surface area (Å²) >= 11 is 0. The van der Waals surface area contributed by atoms with E-state index in [1.54, 1.807) is 25.1 Å². The smallest absolute Gasteiger partial charge is 0.251 e. The zero-order valence-corrected chi connectivity index (χ0v) is 11.8. The van der Waals surface area contributed by atoms with Crippen molar-refractivity contribution in [1.29, 1.82) is 0 Å². The first-order valence-electron chi connectivity index (χ1n) is 6.38. The van der Waals surface area contributed by atoms with Crippen LogP contribution in [-0.4, -0.2) is 27.8 Å². The third-order valence-electron chi connectivity index (χ3n) is 2.86. The van der Waals surface area contributed by atoms with E-state index in [0.29, 0.717) is 22.8 Å². The lowest BCUT2D eigenvalue weighted by Gasteiger charge is -2.07. The molecule has 0 saturated carbocycles. The molecule has 2 aromatic rings. The zero-order valence-electron chi connectivity index (χ0n) is 11.8. The first-order valence-corrected chi connectivity index (χ1v) is 6.38. The minimum atomic E-state index is -0.234. The molecule has 6 heteroatoms. The fourth-order valence-corrected chi connectivity index (χ4v) is 1.82. The summed E-state index contributed by atoms with van der Waals surface area (Å²) in [4.78, 5) is 16.2. The van der Waals surface area contributed by atoms with E-state index in [9.17, 15) is 4.79 Å². The Balaban J connectivity index is 2.12. The van der Waals surface area contributed by atoms with Gasteiger partial charge in [-0.25, -0.2) is 0 Å². The molecule has 1 amide bonds. The Morgan fingerprint density at radius 2 is 2.24 bits per heavy atom. The number of hydrogen-bond donors (Lipinski definition) is 2. The molecule has 2 N–H and O–H groups in total. The van der Waals surface area contributed by atoms with Gasteiger partial charge in [-0.15, -0.1) is 0 Å². The summed E-state index contributed by atoms with van der Waals surface area (Å²) in [5, 5.41) is 15.2. The maximum atomic E-state index is 12.2. The summed E-state index contributed by atoms with van der Waals surface area (Å²) < 4.78 is 4.84. The normalized spacial score (nSPS) is 9.86. The Bertz CT molecular complexity index is 710. The summed E-state index contributed by atoms with van der Waals surface area (Å²) in [6.45, 7) is 3.48. The molecule has 0 unspecified atom stereocenters. The fraction of sp³-hybridized carbons (Fsp3) is 0.267. The molecule has 0 bridgehead atoms. The SMILES string of the molecule is Cc1nc(CNC(=O)c2cccc(C#CCO)c2C)no1. The Morgan fingerprint density at radius 1 is 1.43 bits per heavy atom. The second-order valence-corrected chi connectivity index (χ2v) is 4.35. The van der Waals surface area contributed by atoms with Gasteiger partial charge < -0.3 is 14.9 Å². The number of nitrogens with zero attached hydrogens (tertiary/aromatic N) is 2. The lowest BCUT2D eigenvalue weighted by molar-refractivity contribution is 0.0949. The molecule has 0 saturated heterocycles. The summed E-state index contributed by atoms with van der Waals surface area (Å²) in [5.41, 5.74) is 2.01. The number of benzene rings is 1. The second kappa shape index (κ2) is 6.68. The van der Waals surface area contributed by atoms with Crippen molar-refractivity contribution < 1.29 is 14.4 Å². The Hall–Kier alpha value is -2.65. The predicted molar refractivity (Wildman–Crippen MR) is 75.3 cm³/mol. The average Bonchev–Trinajstić information content (AvgIpc) is 2.89. The molecule has 0 aliphatic carbocycles. The standard InChI is InChI=1S/C15H15N3O3/c1-10-12(6-4-8-19)5-3-7-13(10)15(20)16-9-14-17-11(2)21-18-14/h3,5,7,19H,8-9H2,1-2H3,(H,16,20). The third-order valence-corrected chi connectivity index (χ3v) is 2.86. The predicted octanol–water partition coefficient (Wildman–Crippen LogP) is 0.960. The molecule has 0 aliphatic heterocycles. The minimum absolute atomic E-state index is 0.197. The number of aryl methyl sites for hydroxylation is 1. The number of carbonyl (C=O) groups excluding carboxylic acids is 1. The van der Waals surface area contributed by atoms with Crippen LogP contribution in [0.3, 0.4) is 0 Å². The molecule has 108 valence electrons. The number of aliphatic hydroxyl groups excluding tert-OH is 1. The van der Waals surface area contributed by atoms with E-state index in [-0.39, 0.29) is 19.1 Å². The summed E-state index contributed by atoms with van der Waals surface area (Å²) in [6, 6.07) is 5.27. The molecule has 0 fully saturated rings. The van der Waals surface area contributed by atoms with Crippen molar-refractivity contribution in [3.63, 3.8) is 0 Å². The summed E-state index contributed by atoms with van der Waals surface area (Å²) in [5.74, 6) is 6.04. The maximum absolute atomic E-state index is 12.2. The zero-order chi connectivity index (χ0) is 15.2. The Kier molecular flexibility index (Phi) is 4.69. The number of amides is 1. The third kappa shape index (κ3) is 3.68. The summed E-state index contributed by atoms with van der Waals surface area (Å²) in [7, 11) is 0. The van der Waals surface area contributed by atoms with Crippen LogP contribution in [0.25, 0.3) is 0 Å². The fourth-order valence-electron chi connectivity index (χ4n) is 1.82.